The van der Waals surface area contributed by atoms with Gasteiger partial charge >= 0.3 is 11.9 Å². The molecule has 0 heterocycles. The van der Waals surface area contributed by atoms with Crippen molar-refractivity contribution >= 4 is 11.9 Å². The van der Waals surface area contributed by atoms with Crippen LogP contribution >= 0.6 is 0 Å². The largest absolute Gasteiger partial charge is 0.393 e. The fourth-order valence-corrected chi connectivity index (χ4v) is 1.07. The van der Waals surface area contributed by atoms with Gasteiger partial charge in [0.15, 0.2) is 0 Å². The summed E-state index contributed by atoms with van der Waals surface area (Å²) in [6, 6.07) is 0. The predicted octanol–water partition coefficient (Wildman–Crippen LogP) is 2.29. The lowest BCUT2D eigenvalue weighted by molar-refractivity contribution is -0.162. The summed E-state index contributed by atoms with van der Waals surface area (Å²) in [4.78, 5) is 22.2. The Balaban J connectivity index is 3.90. The van der Waals surface area contributed by atoms with Gasteiger partial charge in [-0.2, -0.15) is 0 Å². The van der Waals surface area contributed by atoms with Crippen molar-refractivity contribution in [3.63, 3.8) is 0 Å². The summed E-state index contributed by atoms with van der Waals surface area (Å²) in [5.74, 6) is -0.899. The molecule has 76 valence electrons. The van der Waals surface area contributed by atoms with Crippen molar-refractivity contribution in [3.8, 4) is 0 Å². The average molecular weight is 186 g/mol. The highest BCUT2D eigenvalue weighted by molar-refractivity contribution is 5.86. The Morgan fingerprint density at radius 2 is 1.69 bits per heavy atom. The molecule has 0 atom stereocenters. The molecule has 0 spiro atoms. The quantitative estimate of drug-likeness (QED) is 0.488. The maximum atomic E-state index is 11.2. The second-order valence-corrected chi connectivity index (χ2v) is 3.06. The molecule has 0 bridgehead atoms. The molecule has 0 fully saturated rings. The van der Waals surface area contributed by atoms with E-state index in [1.54, 1.807) is 0 Å². The molecule has 0 N–H and O–H groups in total. The van der Waals surface area contributed by atoms with Gasteiger partial charge in [-0.1, -0.05) is 20.8 Å². The van der Waals surface area contributed by atoms with Crippen LogP contribution < -0.4 is 0 Å². The van der Waals surface area contributed by atoms with Crippen molar-refractivity contribution in [2.75, 3.05) is 0 Å². The fourth-order valence-electron chi connectivity index (χ4n) is 1.07. The van der Waals surface area contributed by atoms with E-state index in [0.717, 1.165) is 19.3 Å². The van der Waals surface area contributed by atoms with E-state index in [9.17, 15) is 9.59 Å². The third-order valence-electron chi connectivity index (χ3n) is 1.99. The van der Waals surface area contributed by atoms with Crippen LogP contribution in [0.25, 0.3) is 0 Å². The predicted molar refractivity (Wildman–Crippen MR) is 50.1 cm³/mol. The fraction of sp³-hybridized carbons (Fsp3) is 0.800. The highest BCUT2D eigenvalue weighted by atomic mass is 16.6. The minimum absolute atomic E-state index is 0.124. The van der Waals surface area contributed by atoms with E-state index in [-0.39, 0.29) is 11.9 Å². The zero-order chi connectivity index (χ0) is 10.3. The molecule has 0 unspecified atom stereocenters. The lowest BCUT2D eigenvalue weighted by Crippen LogP contribution is -2.20. The lowest BCUT2D eigenvalue weighted by Gasteiger charge is -2.09. The van der Waals surface area contributed by atoms with E-state index in [1.807, 2.05) is 20.8 Å². The van der Waals surface area contributed by atoms with Crippen molar-refractivity contribution in [1.29, 1.82) is 0 Å². The van der Waals surface area contributed by atoms with E-state index in [0.29, 0.717) is 6.42 Å². The van der Waals surface area contributed by atoms with Crippen LogP contribution in [0.1, 0.15) is 46.5 Å². The summed E-state index contributed by atoms with van der Waals surface area (Å²) in [5.41, 5.74) is 0. The number of esters is 2. The molecule has 0 aromatic heterocycles. The molecule has 0 aliphatic heterocycles. The minimum atomic E-state index is -0.403. The first-order chi connectivity index (χ1) is 6.15. The van der Waals surface area contributed by atoms with Gasteiger partial charge in [0, 0.05) is 6.42 Å². The summed E-state index contributed by atoms with van der Waals surface area (Å²) in [6.07, 6.45) is 2.50. The van der Waals surface area contributed by atoms with Gasteiger partial charge in [0.05, 0.1) is 5.92 Å². The van der Waals surface area contributed by atoms with E-state index < -0.39 is 5.97 Å². The van der Waals surface area contributed by atoms with Crippen LogP contribution in [-0.2, 0) is 14.3 Å². The molecule has 13 heavy (non-hydrogen) atoms. The molecule has 0 aromatic rings. The highest BCUT2D eigenvalue weighted by Crippen LogP contribution is 2.10. The zero-order valence-corrected chi connectivity index (χ0v) is 8.63. The van der Waals surface area contributed by atoms with Crippen LogP contribution in [0.2, 0.25) is 0 Å². The van der Waals surface area contributed by atoms with Crippen molar-refractivity contribution in [2.24, 2.45) is 5.92 Å². The second-order valence-electron chi connectivity index (χ2n) is 3.06. The van der Waals surface area contributed by atoms with Crippen LogP contribution in [-0.4, -0.2) is 11.9 Å². The number of rotatable bonds is 5. The average Bonchev–Trinajstić information content (AvgIpc) is 2.06. The van der Waals surface area contributed by atoms with Crippen LogP contribution in [0.5, 0.6) is 0 Å². The molecule has 0 amide bonds. The van der Waals surface area contributed by atoms with E-state index in [2.05, 4.69) is 4.74 Å². The van der Waals surface area contributed by atoms with E-state index in [1.165, 1.54) is 0 Å². The number of hydrogen-bond donors (Lipinski definition) is 0. The van der Waals surface area contributed by atoms with Crippen molar-refractivity contribution in [1.82, 2.24) is 0 Å². The summed E-state index contributed by atoms with van der Waals surface area (Å²) in [5, 5.41) is 0. The number of carbonyl (C=O) groups excluding carboxylic acids is 2. The number of carbonyl (C=O) groups is 2. The first-order valence-corrected chi connectivity index (χ1v) is 4.90. The molecule has 0 rings (SSSR count). The molecule has 0 aliphatic rings. The van der Waals surface area contributed by atoms with Crippen molar-refractivity contribution < 1.29 is 14.3 Å². The maximum absolute atomic E-state index is 11.2. The highest BCUT2D eigenvalue weighted by Gasteiger charge is 2.18. The first-order valence-electron chi connectivity index (χ1n) is 4.90. The van der Waals surface area contributed by atoms with Gasteiger partial charge in [0.2, 0.25) is 0 Å². The normalized spacial score (nSPS) is 10.2. The lowest BCUT2D eigenvalue weighted by atomic mass is 10.0. The molecule has 0 aromatic carbocycles. The molecule has 3 heteroatoms. The van der Waals surface area contributed by atoms with Gasteiger partial charge in [-0.05, 0) is 19.3 Å². The van der Waals surface area contributed by atoms with Crippen molar-refractivity contribution in [2.45, 2.75) is 46.5 Å². The third-order valence-corrected chi connectivity index (χ3v) is 1.99. The number of ether oxygens (including phenoxy) is 1. The van der Waals surface area contributed by atoms with Crippen molar-refractivity contribution in [3.05, 3.63) is 0 Å². The molecule has 0 saturated carbocycles. The standard InChI is InChI=1S/C10H18O3/c1-4-7-9(11)13-10(12)8(5-2)6-3/h8H,4-7H2,1-3H3. The Morgan fingerprint density at radius 3 is 2.08 bits per heavy atom. The SMILES string of the molecule is CCCC(=O)OC(=O)C(CC)CC. The van der Waals surface area contributed by atoms with E-state index >= 15 is 0 Å². The Bertz CT molecular complexity index is 171. The minimum Gasteiger partial charge on any atom is -0.393 e. The Kier molecular flexibility index (Phi) is 6.20. The Labute approximate surface area is 79.5 Å². The van der Waals surface area contributed by atoms with Crippen LogP contribution in [0.4, 0.5) is 0 Å². The summed E-state index contributed by atoms with van der Waals surface area (Å²) in [7, 11) is 0. The molecule has 0 saturated heterocycles. The molecule has 0 radical (unpaired) electrons. The monoisotopic (exact) mass is 186 g/mol. The third kappa shape index (κ3) is 4.65. The van der Waals surface area contributed by atoms with Gasteiger partial charge in [0.1, 0.15) is 0 Å². The van der Waals surface area contributed by atoms with Gasteiger partial charge in [-0.3, -0.25) is 9.59 Å². The summed E-state index contributed by atoms with van der Waals surface area (Å²) < 4.78 is 4.66. The first kappa shape index (κ1) is 12.1. The van der Waals surface area contributed by atoms with Gasteiger partial charge in [-0.25, -0.2) is 0 Å². The van der Waals surface area contributed by atoms with Crippen LogP contribution in [0.3, 0.4) is 0 Å². The summed E-state index contributed by atoms with van der Waals surface area (Å²) in [6.45, 7) is 5.71. The van der Waals surface area contributed by atoms with Crippen LogP contribution in [0, 0.1) is 5.92 Å². The van der Waals surface area contributed by atoms with Gasteiger partial charge in [0.25, 0.3) is 0 Å². The molecule has 0 aliphatic carbocycles. The van der Waals surface area contributed by atoms with Gasteiger partial charge < -0.3 is 4.74 Å². The zero-order valence-electron chi connectivity index (χ0n) is 8.63. The Hall–Kier alpha value is -0.860. The molecular weight excluding hydrogens is 168 g/mol. The van der Waals surface area contributed by atoms with Crippen LogP contribution in [0.15, 0.2) is 0 Å². The van der Waals surface area contributed by atoms with Gasteiger partial charge in [-0.15, -0.1) is 0 Å². The maximum Gasteiger partial charge on any atom is 0.316 e. The Morgan fingerprint density at radius 1 is 1.15 bits per heavy atom. The molecule has 3 nitrogen and oxygen atoms in total. The topological polar surface area (TPSA) is 43.4 Å². The molecular formula is C10H18O3. The summed E-state index contributed by atoms with van der Waals surface area (Å²) >= 11 is 0. The second kappa shape index (κ2) is 6.63. The smallest absolute Gasteiger partial charge is 0.316 e. The van der Waals surface area contributed by atoms with E-state index in [4.69, 9.17) is 0 Å². The number of hydrogen-bond acceptors (Lipinski definition) is 3.